The first-order chi connectivity index (χ1) is 18.0. The molecule has 2 aromatic carbocycles. The smallest absolute Gasteiger partial charge is 0.246 e. The summed E-state index contributed by atoms with van der Waals surface area (Å²) in [6.45, 7) is 9.45. The van der Waals surface area contributed by atoms with Gasteiger partial charge in [0.2, 0.25) is 11.8 Å². The third kappa shape index (κ3) is 4.44. The predicted molar refractivity (Wildman–Crippen MR) is 143 cm³/mol. The molecule has 194 valence electrons. The van der Waals surface area contributed by atoms with Crippen LogP contribution in [0.3, 0.4) is 0 Å². The van der Waals surface area contributed by atoms with Crippen LogP contribution in [0.5, 0.6) is 0 Å². The number of H-pyrrole nitrogens is 1. The van der Waals surface area contributed by atoms with Gasteiger partial charge in [-0.3, -0.25) is 14.5 Å². The fourth-order valence-corrected chi connectivity index (χ4v) is 6.23. The molecule has 1 aromatic heterocycles. The highest BCUT2D eigenvalue weighted by Gasteiger charge is 2.48. The van der Waals surface area contributed by atoms with E-state index in [0.29, 0.717) is 18.9 Å². The summed E-state index contributed by atoms with van der Waals surface area (Å²) in [6, 6.07) is 16.0. The second kappa shape index (κ2) is 9.95. The van der Waals surface area contributed by atoms with Gasteiger partial charge in [0.15, 0.2) is 0 Å². The number of carbonyl (C=O) groups is 2. The van der Waals surface area contributed by atoms with Crippen molar-refractivity contribution in [2.75, 3.05) is 45.9 Å². The first-order valence-electron chi connectivity index (χ1n) is 13.6. The molecular formula is C30H36N4O3. The Balaban J connectivity index is 1.31. The van der Waals surface area contributed by atoms with Gasteiger partial charge in [0, 0.05) is 49.2 Å². The van der Waals surface area contributed by atoms with Crippen molar-refractivity contribution in [2.45, 2.75) is 44.7 Å². The Hall–Kier alpha value is -3.16. The monoisotopic (exact) mass is 500 g/mol. The minimum atomic E-state index is -0.480. The number of piperazine rings is 1. The van der Waals surface area contributed by atoms with E-state index < -0.39 is 6.04 Å². The second-order valence-corrected chi connectivity index (χ2v) is 10.9. The highest BCUT2D eigenvalue weighted by atomic mass is 16.5. The lowest BCUT2D eigenvalue weighted by molar-refractivity contribution is -0.158. The molecule has 7 heteroatoms. The quantitative estimate of drug-likeness (QED) is 0.561. The first-order valence-corrected chi connectivity index (χ1v) is 13.6. The number of amides is 2. The highest BCUT2D eigenvalue weighted by Crippen LogP contribution is 2.42. The Kier molecular flexibility index (Phi) is 6.51. The zero-order valence-corrected chi connectivity index (χ0v) is 21.8. The van der Waals surface area contributed by atoms with Crippen molar-refractivity contribution in [3.63, 3.8) is 0 Å². The Morgan fingerprint density at radius 3 is 2.51 bits per heavy atom. The number of rotatable bonds is 6. The zero-order valence-electron chi connectivity index (χ0n) is 21.8. The lowest BCUT2D eigenvalue weighted by Crippen LogP contribution is -2.63. The summed E-state index contributed by atoms with van der Waals surface area (Å²) in [6.07, 6.45) is 1.41. The minimum Gasteiger partial charge on any atom is -0.379 e. The van der Waals surface area contributed by atoms with Gasteiger partial charge in [0.25, 0.3) is 0 Å². The molecule has 0 aliphatic carbocycles. The lowest BCUT2D eigenvalue weighted by atomic mass is 9.85. The van der Waals surface area contributed by atoms with Crippen LogP contribution in [0.4, 0.5) is 0 Å². The van der Waals surface area contributed by atoms with Crippen molar-refractivity contribution in [3.05, 3.63) is 70.9 Å². The van der Waals surface area contributed by atoms with Gasteiger partial charge in [-0.1, -0.05) is 56.3 Å². The zero-order chi connectivity index (χ0) is 25.5. The van der Waals surface area contributed by atoms with Gasteiger partial charge in [0.05, 0.1) is 25.8 Å². The third-order valence-electron chi connectivity index (χ3n) is 8.27. The number of aromatic nitrogens is 1. The summed E-state index contributed by atoms with van der Waals surface area (Å²) in [4.78, 5) is 37.2. The number of carbonyl (C=O) groups excluding carboxylic acids is 2. The Morgan fingerprint density at radius 2 is 1.76 bits per heavy atom. The van der Waals surface area contributed by atoms with Crippen LogP contribution < -0.4 is 0 Å². The number of aromatic amines is 1. The average Bonchev–Trinajstić information content (AvgIpc) is 3.29. The number of para-hydroxylation sites is 1. The van der Waals surface area contributed by atoms with Gasteiger partial charge in [-0.05, 0) is 35.1 Å². The van der Waals surface area contributed by atoms with Crippen LogP contribution >= 0.6 is 0 Å². The molecule has 2 atom stereocenters. The number of benzene rings is 2. The average molecular weight is 501 g/mol. The summed E-state index contributed by atoms with van der Waals surface area (Å²) >= 11 is 0. The lowest BCUT2D eigenvalue weighted by Gasteiger charge is -2.47. The van der Waals surface area contributed by atoms with E-state index in [1.54, 1.807) is 4.90 Å². The molecule has 7 nitrogen and oxygen atoms in total. The molecule has 0 radical (unpaired) electrons. The maximum Gasteiger partial charge on any atom is 0.246 e. The van der Waals surface area contributed by atoms with Crippen molar-refractivity contribution in [1.82, 2.24) is 19.7 Å². The molecule has 37 heavy (non-hydrogen) atoms. The van der Waals surface area contributed by atoms with E-state index in [4.69, 9.17) is 4.74 Å². The van der Waals surface area contributed by atoms with Crippen LogP contribution in [0.1, 0.15) is 54.6 Å². The summed E-state index contributed by atoms with van der Waals surface area (Å²) < 4.78 is 5.44. The van der Waals surface area contributed by atoms with Crippen molar-refractivity contribution < 1.29 is 14.3 Å². The molecule has 2 saturated heterocycles. The molecule has 2 amide bonds. The molecular weight excluding hydrogens is 464 g/mol. The van der Waals surface area contributed by atoms with Crippen molar-refractivity contribution in [1.29, 1.82) is 0 Å². The standard InChI is InChI=1S/C30H36N4O3/c1-20(2)21-8-10-22(11-9-21)29-28-24(23-6-3-4-7-25(23)31-28)18-26-30(36)33(19-27(35)34(26)29)13-5-12-32-14-16-37-17-15-32/h3-4,6-11,20,26,29,31H,5,12-19H2,1-2H3/t26-,29-/m0/s1. The van der Waals surface area contributed by atoms with Crippen LogP contribution in [0.15, 0.2) is 48.5 Å². The van der Waals surface area contributed by atoms with Gasteiger partial charge in [-0.25, -0.2) is 0 Å². The molecule has 3 aliphatic rings. The Bertz CT molecular complexity index is 1290. The molecule has 0 saturated carbocycles. The number of fused-ring (bicyclic) bond motifs is 4. The number of nitrogens with one attached hydrogen (secondary N) is 1. The summed E-state index contributed by atoms with van der Waals surface area (Å²) in [7, 11) is 0. The highest BCUT2D eigenvalue weighted by molar-refractivity contribution is 5.97. The molecule has 2 fully saturated rings. The number of hydrogen-bond donors (Lipinski definition) is 1. The second-order valence-electron chi connectivity index (χ2n) is 10.9. The van der Waals surface area contributed by atoms with Gasteiger partial charge >= 0.3 is 0 Å². The van der Waals surface area contributed by atoms with E-state index in [2.05, 4.69) is 60.1 Å². The molecule has 4 heterocycles. The SMILES string of the molecule is CC(C)c1ccc([C@H]2c3[nH]c4ccccc4c3C[C@H]3C(=O)N(CCCN4CCOCC4)CC(=O)N23)cc1. The van der Waals surface area contributed by atoms with Gasteiger partial charge in [0.1, 0.15) is 6.04 Å². The molecule has 3 aliphatic heterocycles. The van der Waals surface area contributed by atoms with E-state index in [1.807, 2.05) is 17.0 Å². The molecule has 1 N–H and O–H groups in total. The van der Waals surface area contributed by atoms with Crippen LogP contribution in [-0.4, -0.2) is 83.5 Å². The summed E-state index contributed by atoms with van der Waals surface area (Å²) in [5.41, 5.74) is 5.56. The van der Waals surface area contributed by atoms with Crippen molar-refractivity contribution in [2.24, 2.45) is 0 Å². The largest absolute Gasteiger partial charge is 0.379 e. The summed E-state index contributed by atoms with van der Waals surface area (Å²) in [5, 5.41) is 1.14. The van der Waals surface area contributed by atoms with Crippen LogP contribution in [0.2, 0.25) is 0 Å². The normalized spacial score (nSPS) is 22.6. The number of hydrogen-bond acceptors (Lipinski definition) is 4. The van der Waals surface area contributed by atoms with Gasteiger partial charge < -0.3 is 19.5 Å². The van der Waals surface area contributed by atoms with Gasteiger partial charge in [-0.2, -0.15) is 0 Å². The maximum atomic E-state index is 13.9. The van der Waals surface area contributed by atoms with E-state index in [1.165, 1.54) is 5.56 Å². The Labute approximate surface area is 218 Å². The van der Waals surface area contributed by atoms with E-state index >= 15 is 0 Å². The van der Waals surface area contributed by atoms with Crippen LogP contribution in [0, 0.1) is 0 Å². The Morgan fingerprint density at radius 1 is 1.00 bits per heavy atom. The number of nitrogens with zero attached hydrogens (tertiary/aromatic N) is 3. The molecule has 3 aromatic rings. The maximum absolute atomic E-state index is 13.9. The minimum absolute atomic E-state index is 0.0261. The van der Waals surface area contributed by atoms with Gasteiger partial charge in [-0.15, -0.1) is 0 Å². The fraction of sp³-hybridized carbons (Fsp3) is 0.467. The topological polar surface area (TPSA) is 68.9 Å². The number of morpholine rings is 1. The molecule has 6 rings (SSSR count). The summed E-state index contributed by atoms with van der Waals surface area (Å²) in [5.74, 6) is 0.528. The van der Waals surface area contributed by atoms with E-state index in [9.17, 15) is 9.59 Å². The molecule has 0 unspecified atom stereocenters. The molecule has 0 bridgehead atoms. The van der Waals surface area contributed by atoms with E-state index in [0.717, 1.165) is 67.0 Å². The predicted octanol–water partition coefficient (Wildman–Crippen LogP) is 3.70. The fourth-order valence-electron chi connectivity index (χ4n) is 6.23. The van der Waals surface area contributed by atoms with E-state index in [-0.39, 0.29) is 24.4 Å². The van der Waals surface area contributed by atoms with Crippen LogP contribution in [0.25, 0.3) is 10.9 Å². The third-order valence-corrected chi connectivity index (χ3v) is 8.27. The van der Waals surface area contributed by atoms with Crippen molar-refractivity contribution in [3.8, 4) is 0 Å². The molecule has 0 spiro atoms. The van der Waals surface area contributed by atoms with Crippen molar-refractivity contribution >= 4 is 22.7 Å². The number of ether oxygens (including phenoxy) is 1. The first kappa shape index (κ1) is 24.2. The van der Waals surface area contributed by atoms with Crippen LogP contribution in [-0.2, 0) is 20.7 Å².